The Hall–Kier alpha value is -1.66. The number of halogens is 1. The van der Waals surface area contributed by atoms with Crippen LogP contribution in [-0.4, -0.2) is 19.7 Å². The van der Waals surface area contributed by atoms with Crippen molar-refractivity contribution in [2.75, 3.05) is 0 Å². The summed E-state index contributed by atoms with van der Waals surface area (Å²) in [5.74, 6) is 1.26. The maximum atomic E-state index is 5.96. The number of aryl methyl sites for hydroxylation is 3. The molecule has 98 valence electrons. The van der Waals surface area contributed by atoms with E-state index >= 15 is 0 Å². The van der Waals surface area contributed by atoms with E-state index in [0.29, 0.717) is 34.5 Å². The van der Waals surface area contributed by atoms with E-state index < -0.39 is 0 Å². The van der Waals surface area contributed by atoms with E-state index in [9.17, 15) is 0 Å². The van der Waals surface area contributed by atoms with Crippen LogP contribution in [0.3, 0.4) is 0 Å². The van der Waals surface area contributed by atoms with Crippen molar-refractivity contribution in [2.24, 2.45) is 0 Å². The molecule has 0 aliphatic heterocycles. The molecule has 0 amide bonds. The number of rotatable bonds is 3. The lowest BCUT2D eigenvalue weighted by atomic mass is 10.3. The zero-order chi connectivity index (χ0) is 13.4. The smallest absolute Gasteiger partial charge is 0.228 e. The summed E-state index contributed by atoms with van der Waals surface area (Å²) >= 11 is 11.3. The van der Waals surface area contributed by atoms with Gasteiger partial charge < -0.3 is 14.1 Å². The molecule has 5 nitrogen and oxygen atoms in total. The van der Waals surface area contributed by atoms with Crippen LogP contribution in [-0.2, 0) is 13.0 Å². The molecule has 0 aliphatic rings. The summed E-state index contributed by atoms with van der Waals surface area (Å²) < 4.78 is 7.76. The van der Waals surface area contributed by atoms with E-state index in [4.69, 9.17) is 28.3 Å². The van der Waals surface area contributed by atoms with Gasteiger partial charge in [0.1, 0.15) is 0 Å². The molecule has 0 atom stereocenters. The second-order valence-corrected chi connectivity index (χ2v) is 5.05. The van der Waals surface area contributed by atoms with Crippen molar-refractivity contribution < 1.29 is 4.52 Å². The Kier molecular flexibility index (Phi) is 3.12. The maximum absolute atomic E-state index is 5.96. The summed E-state index contributed by atoms with van der Waals surface area (Å²) in [6.45, 7) is 2.48. The molecule has 1 aromatic carbocycles. The van der Waals surface area contributed by atoms with Crippen LogP contribution in [0.15, 0.2) is 22.7 Å². The average Bonchev–Trinajstić information content (AvgIpc) is 2.89. The van der Waals surface area contributed by atoms with Crippen molar-refractivity contribution in [2.45, 2.75) is 19.9 Å². The van der Waals surface area contributed by atoms with Crippen molar-refractivity contribution in [3.63, 3.8) is 0 Å². The first-order chi connectivity index (χ1) is 9.13. The molecule has 3 rings (SSSR count). The van der Waals surface area contributed by atoms with Gasteiger partial charge in [-0.3, -0.25) is 0 Å². The van der Waals surface area contributed by atoms with Crippen molar-refractivity contribution >= 4 is 34.9 Å². The molecule has 0 spiro atoms. The number of H-pyrrole nitrogens is 1. The number of fused-ring (bicyclic) bond motifs is 1. The standard InChI is InChI=1S/C12H11ClN4OS/c1-7-14-11(18-16-7)4-5-17-10-3-2-8(13)6-9(10)15-12(17)19/h2-3,6H,4-5H2,1H3,(H,15,19). The van der Waals surface area contributed by atoms with E-state index in [2.05, 4.69) is 15.1 Å². The highest BCUT2D eigenvalue weighted by Gasteiger charge is 2.07. The molecule has 7 heteroatoms. The Morgan fingerprint density at radius 3 is 3.05 bits per heavy atom. The van der Waals surface area contributed by atoms with Gasteiger partial charge in [0.2, 0.25) is 5.89 Å². The summed E-state index contributed by atoms with van der Waals surface area (Å²) in [5, 5.41) is 4.45. The van der Waals surface area contributed by atoms with Crippen molar-refractivity contribution in [1.29, 1.82) is 0 Å². The molecule has 3 aromatic rings. The molecule has 0 radical (unpaired) electrons. The van der Waals surface area contributed by atoms with Gasteiger partial charge in [0.25, 0.3) is 0 Å². The number of aromatic nitrogens is 4. The van der Waals surface area contributed by atoms with Crippen LogP contribution in [0.2, 0.25) is 5.02 Å². The first kappa shape index (κ1) is 12.4. The topological polar surface area (TPSA) is 59.6 Å². The molecule has 0 saturated heterocycles. The number of hydrogen-bond acceptors (Lipinski definition) is 4. The van der Waals surface area contributed by atoms with Gasteiger partial charge in [-0.15, -0.1) is 0 Å². The minimum atomic E-state index is 0.614. The van der Waals surface area contributed by atoms with Crippen molar-refractivity contribution in [3.05, 3.63) is 39.7 Å². The number of imidazole rings is 1. The quantitative estimate of drug-likeness (QED) is 0.753. The molecule has 1 N–H and O–H groups in total. The molecular weight excluding hydrogens is 284 g/mol. The molecule has 2 aromatic heterocycles. The molecule has 0 fully saturated rings. The molecular formula is C12H11ClN4OS. The Morgan fingerprint density at radius 1 is 1.47 bits per heavy atom. The Morgan fingerprint density at radius 2 is 2.32 bits per heavy atom. The number of aromatic amines is 1. The van der Waals surface area contributed by atoms with E-state index in [1.165, 1.54) is 0 Å². The van der Waals surface area contributed by atoms with E-state index in [1.54, 1.807) is 6.92 Å². The molecule has 0 saturated carbocycles. The minimum absolute atomic E-state index is 0.614. The number of benzene rings is 1. The van der Waals surface area contributed by atoms with E-state index in [0.717, 1.165) is 11.0 Å². The van der Waals surface area contributed by atoms with Crippen molar-refractivity contribution in [1.82, 2.24) is 19.7 Å². The van der Waals surface area contributed by atoms with E-state index in [-0.39, 0.29) is 0 Å². The van der Waals surface area contributed by atoms with Crippen LogP contribution in [0, 0.1) is 11.7 Å². The van der Waals surface area contributed by atoms with Gasteiger partial charge in [-0.2, -0.15) is 4.98 Å². The van der Waals surface area contributed by atoms with Gasteiger partial charge in [0.15, 0.2) is 10.6 Å². The second kappa shape index (κ2) is 4.79. The lowest BCUT2D eigenvalue weighted by Gasteiger charge is -2.01. The largest absolute Gasteiger partial charge is 0.339 e. The molecule has 0 unspecified atom stereocenters. The lowest BCUT2D eigenvalue weighted by molar-refractivity contribution is 0.369. The fourth-order valence-electron chi connectivity index (χ4n) is 2.01. The van der Waals surface area contributed by atoms with Gasteiger partial charge in [0.05, 0.1) is 11.0 Å². The third-order valence-corrected chi connectivity index (χ3v) is 3.41. The van der Waals surface area contributed by atoms with E-state index in [1.807, 2.05) is 22.8 Å². The zero-order valence-electron chi connectivity index (χ0n) is 10.2. The van der Waals surface area contributed by atoms with Crippen LogP contribution in [0.4, 0.5) is 0 Å². The minimum Gasteiger partial charge on any atom is -0.339 e. The molecule has 0 aliphatic carbocycles. The van der Waals surface area contributed by atoms with Gasteiger partial charge in [-0.1, -0.05) is 16.8 Å². The first-order valence-electron chi connectivity index (χ1n) is 5.81. The SMILES string of the molecule is Cc1noc(CCn2c(=S)[nH]c3cc(Cl)ccc32)n1. The van der Waals surface area contributed by atoms with Crippen LogP contribution in [0.25, 0.3) is 11.0 Å². The normalized spacial score (nSPS) is 11.3. The Labute approximate surface area is 119 Å². The first-order valence-corrected chi connectivity index (χ1v) is 6.59. The summed E-state index contributed by atoms with van der Waals surface area (Å²) in [4.78, 5) is 7.31. The average molecular weight is 295 g/mol. The highest BCUT2D eigenvalue weighted by molar-refractivity contribution is 7.71. The van der Waals surface area contributed by atoms with Gasteiger partial charge in [-0.05, 0) is 37.3 Å². The molecule has 0 bridgehead atoms. The number of hydrogen-bond donors (Lipinski definition) is 1. The summed E-state index contributed by atoms with van der Waals surface area (Å²) in [7, 11) is 0. The summed E-state index contributed by atoms with van der Waals surface area (Å²) in [6.07, 6.45) is 0.644. The van der Waals surface area contributed by atoms with Crippen LogP contribution in [0.1, 0.15) is 11.7 Å². The van der Waals surface area contributed by atoms with Crippen LogP contribution >= 0.6 is 23.8 Å². The third kappa shape index (κ3) is 2.41. The number of nitrogens with zero attached hydrogens (tertiary/aromatic N) is 3. The predicted molar refractivity (Wildman–Crippen MR) is 74.9 cm³/mol. The monoisotopic (exact) mass is 294 g/mol. The highest BCUT2D eigenvalue weighted by Crippen LogP contribution is 2.19. The van der Waals surface area contributed by atoms with Gasteiger partial charge in [-0.25, -0.2) is 0 Å². The molecule has 19 heavy (non-hydrogen) atoms. The fraction of sp³-hybridized carbons (Fsp3) is 0.250. The second-order valence-electron chi connectivity index (χ2n) is 4.23. The summed E-state index contributed by atoms with van der Waals surface area (Å²) in [6, 6.07) is 5.66. The maximum Gasteiger partial charge on any atom is 0.228 e. The highest BCUT2D eigenvalue weighted by atomic mass is 35.5. The Balaban J connectivity index is 1.92. The van der Waals surface area contributed by atoms with Gasteiger partial charge >= 0.3 is 0 Å². The van der Waals surface area contributed by atoms with Crippen LogP contribution in [0.5, 0.6) is 0 Å². The fourth-order valence-corrected chi connectivity index (χ4v) is 2.48. The third-order valence-electron chi connectivity index (χ3n) is 2.86. The number of nitrogens with one attached hydrogen (secondary N) is 1. The Bertz CT molecular complexity index is 788. The van der Waals surface area contributed by atoms with Crippen LogP contribution < -0.4 is 0 Å². The summed E-state index contributed by atoms with van der Waals surface area (Å²) in [5.41, 5.74) is 1.95. The lowest BCUT2D eigenvalue weighted by Crippen LogP contribution is -2.01. The van der Waals surface area contributed by atoms with Gasteiger partial charge in [0, 0.05) is 18.0 Å². The van der Waals surface area contributed by atoms with Crippen molar-refractivity contribution in [3.8, 4) is 0 Å². The zero-order valence-corrected chi connectivity index (χ0v) is 11.8. The predicted octanol–water partition coefficient (Wildman–Crippen LogP) is 3.29. The molecule has 2 heterocycles.